The van der Waals surface area contributed by atoms with Gasteiger partial charge in [-0.25, -0.2) is 9.97 Å². The molecule has 0 radical (unpaired) electrons. The van der Waals surface area contributed by atoms with E-state index in [-0.39, 0.29) is 40.7 Å². The molecule has 0 aliphatic heterocycles. The van der Waals surface area contributed by atoms with Gasteiger partial charge in [0, 0.05) is 25.3 Å². The number of alkyl halides is 3. The number of nitrogens with zero attached hydrogens (tertiary/aromatic N) is 2. The number of carbonyl (C=O) groups excluding carboxylic acids is 1. The standard InChI is InChI=1S/C16H18F3N3O3S/c1-10(9-24-2)20-14(23)5-7-26-15-21-11(12-4-3-6-25-12)8-13(22-15)16(17,18)19/h3-4,6,8,10H,5,7,9H2,1-2H3,(H,20,23)/t10-/m1/s1. The number of methoxy groups -OCH3 is 1. The number of amides is 1. The molecule has 0 saturated carbocycles. The molecule has 2 rings (SSSR count). The highest BCUT2D eigenvalue weighted by atomic mass is 32.2. The monoisotopic (exact) mass is 389 g/mol. The maximum absolute atomic E-state index is 13.0. The zero-order valence-electron chi connectivity index (χ0n) is 14.2. The van der Waals surface area contributed by atoms with Gasteiger partial charge in [0.2, 0.25) is 5.91 Å². The topological polar surface area (TPSA) is 77.2 Å². The van der Waals surface area contributed by atoms with E-state index in [1.165, 1.54) is 19.4 Å². The first-order chi connectivity index (χ1) is 12.3. The lowest BCUT2D eigenvalue weighted by atomic mass is 10.2. The normalized spacial score (nSPS) is 12.8. The van der Waals surface area contributed by atoms with Crippen LogP contribution >= 0.6 is 11.8 Å². The molecular formula is C16H18F3N3O3S. The van der Waals surface area contributed by atoms with Crippen molar-refractivity contribution < 1.29 is 27.1 Å². The highest BCUT2D eigenvalue weighted by Gasteiger charge is 2.34. The number of halogens is 3. The van der Waals surface area contributed by atoms with Crippen LogP contribution in [-0.2, 0) is 15.7 Å². The van der Waals surface area contributed by atoms with Crippen molar-refractivity contribution in [3.63, 3.8) is 0 Å². The quantitative estimate of drug-likeness (QED) is 0.551. The van der Waals surface area contributed by atoms with E-state index in [4.69, 9.17) is 9.15 Å². The highest BCUT2D eigenvalue weighted by Crippen LogP contribution is 2.32. The number of aromatic nitrogens is 2. The van der Waals surface area contributed by atoms with Crippen LogP contribution in [0.2, 0.25) is 0 Å². The van der Waals surface area contributed by atoms with Crippen LogP contribution in [0.4, 0.5) is 13.2 Å². The van der Waals surface area contributed by atoms with Crippen molar-refractivity contribution in [2.75, 3.05) is 19.5 Å². The molecule has 26 heavy (non-hydrogen) atoms. The van der Waals surface area contributed by atoms with Crippen molar-refractivity contribution in [3.05, 3.63) is 30.2 Å². The summed E-state index contributed by atoms with van der Waals surface area (Å²) in [5, 5.41) is 2.66. The summed E-state index contributed by atoms with van der Waals surface area (Å²) in [7, 11) is 1.53. The predicted molar refractivity (Wildman–Crippen MR) is 89.6 cm³/mol. The summed E-state index contributed by atoms with van der Waals surface area (Å²) in [4.78, 5) is 19.4. The van der Waals surface area contributed by atoms with Crippen LogP contribution in [0.25, 0.3) is 11.5 Å². The minimum absolute atomic E-state index is 0.0398. The molecule has 2 aromatic rings. The molecule has 1 atom stereocenters. The van der Waals surface area contributed by atoms with Gasteiger partial charge < -0.3 is 14.5 Å². The Bertz CT molecular complexity index is 723. The Kier molecular flexibility index (Phi) is 7.04. The minimum atomic E-state index is -4.60. The molecule has 6 nitrogen and oxygen atoms in total. The summed E-state index contributed by atoms with van der Waals surface area (Å²) in [5.74, 6) is 0.232. The molecular weight excluding hydrogens is 371 g/mol. The number of hydrogen-bond donors (Lipinski definition) is 1. The number of ether oxygens (including phenoxy) is 1. The number of hydrogen-bond acceptors (Lipinski definition) is 6. The van der Waals surface area contributed by atoms with Crippen LogP contribution in [-0.4, -0.2) is 41.4 Å². The van der Waals surface area contributed by atoms with Crippen molar-refractivity contribution in [2.45, 2.75) is 30.7 Å². The number of rotatable bonds is 8. The maximum Gasteiger partial charge on any atom is 0.433 e. The van der Waals surface area contributed by atoms with Crippen LogP contribution in [0, 0.1) is 0 Å². The zero-order chi connectivity index (χ0) is 19.2. The molecule has 0 unspecified atom stereocenters. The second-order valence-electron chi connectivity index (χ2n) is 5.42. The molecule has 0 fully saturated rings. The van der Waals surface area contributed by atoms with Crippen LogP contribution in [0.3, 0.4) is 0 Å². The van der Waals surface area contributed by atoms with Gasteiger partial charge in [-0.1, -0.05) is 11.8 Å². The second kappa shape index (κ2) is 9.04. The zero-order valence-corrected chi connectivity index (χ0v) is 15.0. The fourth-order valence-electron chi connectivity index (χ4n) is 2.06. The number of carbonyl (C=O) groups is 1. The third-order valence-corrected chi connectivity index (χ3v) is 4.00. The van der Waals surface area contributed by atoms with Crippen molar-refractivity contribution in [2.24, 2.45) is 0 Å². The SMILES string of the molecule is COC[C@@H](C)NC(=O)CCSc1nc(-c2ccco2)cc(C(F)(F)F)n1. The smallest absolute Gasteiger partial charge is 0.433 e. The Balaban J connectivity index is 2.04. The summed E-state index contributed by atoms with van der Waals surface area (Å²) in [6.45, 7) is 2.17. The third kappa shape index (κ3) is 6.03. The summed E-state index contributed by atoms with van der Waals surface area (Å²) in [6, 6.07) is 3.76. The van der Waals surface area contributed by atoms with Crippen LogP contribution in [0.1, 0.15) is 19.0 Å². The van der Waals surface area contributed by atoms with Crippen molar-refractivity contribution >= 4 is 17.7 Å². The van der Waals surface area contributed by atoms with Gasteiger partial charge in [0.1, 0.15) is 11.4 Å². The molecule has 0 aliphatic carbocycles. The average molecular weight is 389 g/mol. The van der Waals surface area contributed by atoms with Crippen molar-refractivity contribution in [1.82, 2.24) is 15.3 Å². The molecule has 10 heteroatoms. The van der Waals surface area contributed by atoms with Crippen LogP contribution < -0.4 is 5.32 Å². The first-order valence-corrected chi connectivity index (χ1v) is 8.69. The van der Waals surface area contributed by atoms with Crippen molar-refractivity contribution in [3.8, 4) is 11.5 Å². The molecule has 0 spiro atoms. The molecule has 2 heterocycles. The lowest BCUT2D eigenvalue weighted by molar-refractivity contribution is -0.141. The van der Waals surface area contributed by atoms with E-state index >= 15 is 0 Å². The Labute approximate surface area is 152 Å². The van der Waals surface area contributed by atoms with E-state index in [0.29, 0.717) is 6.61 Å². The Morgan fingerprint density at radius 3 is 2.81 bits per heavy atom. The molecule has 0 aromatic carbocycles. The molecule has 2 aromatic heterocycles. The molecule has 0 bridgehead atoms. The van der Waals surface area contributed by atoms with E-state index in [2.05, 4.69) is 15.3 Å². The maximum atomic E-state index is 13.0. The Morgan fingerprint density at radius 2 is 2.19 bits per heavy atom. The lowest BCUT2D eigenvalue weighted by Gasteiger charge is -2.12. The van der Waals surface area contributed by atoms with E-state index in [1.54, 1.807) is 13.0 Å². The minimum Gasteiger partial charge on any atom is -0.463 e. The summed E-state index contributed by atoms with van der Waals surface area (Å²) >= 11 is 0.975. The fraction of sp³-hybridized carbons (Fsp3) is 0.438. The van der Waals surface area contributed by atoms with E-state index in [1.807, 2.05) is 0 Å². The average Bonchev–Trinajstić information content (AvgIpc) is 3.08. The van der Waals surface area contributed by atoms with Gasteiger partial charge in [-0.3, -0.25) is 4.79 Å². The first-order valence-electron chi connectivity index (χ1n) is 7.71. The summed E-state index contributed by atoms with van der Waals surface area (Å²) < 4.78 is 49.2. The molecule has 142 valence electrons. The van der Waals surface area contributed by atoms with Gasteiger partial charge in [0.05, 0.1) is 12.9 Å². The Morgan fingerprint density at radius 1 is 1.42 bits per heavy atom. The van der Waals surface area contributed by atoms with Gasteiger partial charge in [-0.05, 0) is 25.1 Å². The van der Waals surface area contributed by atoms with Gasteiger partial charge in [0.25, 0.3) is 0 Å². The molecule has 0 saturated heterocycles. The summed E-state index contributed by atoms with van der Waals surface area (Å²) in [5.41, 5.74) is -1.02. The van der Waals surface area contributed by atoms with Gasteiger partial charge in [-0.15, -0.1) is 0 Å². The Hall–Kier alpha value is -2.07. The van der Waals surface area contributed by atoms with Crippen LogP contribution in [0.15, 0.2) is 34.0 Å². The molecule has 1 amide bonds. The number of furan rings is 1. The van der Waals surface area contributed by atoms with Gasteiger partial charge in [-0.2, -0.15) is 13.2 Å². The largest absolute Gasteiger partial charge is 0.463 e. The van der Waals surface area contributed by atoms with Gasteiger partial charge >= 0.3 is 6.18 Å². The molecule has 0 aliphatic rings. The molecule has 1 N–H and O–H groups in total. The van der Waals surface area contributed by atoms with Gasteiger partial charge in [0.15, 0.2) is 10.9 Å². The third-order valence-electron chi connectivity index (χ3n) is 3.15. The van der Waals surface area contributed by atoms with E-state index < -0.39 is 11.9 Å². The summed E-state index contributed by atoms with van der Waals surface area (Å²) in [6.07, 6.45) is -3.13. The van der Waals surface area contributed by atoms with E-state index in [9.17, 15) is 18.0 Å². The fourth-order valence-corrected chi connectivity index (χ4v) is 2.85. The number of thioether (sulfide) groups is 1. The van der Waals surface area contributed by atoms with Crippen LogP contribution in [0.5, 0.6) is 0 Å². The van der Waals surface area contributed by atoms with Crippen molar-refractivity contribution in [1.29, 1.82) is 0 Å². The highest BCUT2D eigenvalue weighted by molar-refractivity contribution is 7.99. The van der Waals surface area contributed by atoms with E-state index in [0.717, 1.165) is 17.8 Å². The predicted octanol–water partition coefficient (Wildman–Crippen LogP) is 3.39. The first kappa shape index (κ1) is 20.2. The second-order valence-corrected chi connectivity index (χ2v) is 6.48. The number of nitrogens with one attached hydrogen (secondary N) is 1. The lowest BCUT2D eigenvalue weighted by Crippen LogP contribution is -2.35.